The molecule has 1 fully saturated rings. The van der Waals surface area contributed by atoms with E-state index in [1.807, 2.05) is 42.5 Å². The number of carbonyl (C=O) groups excluding carboxylic acids is 1. The third kappa shape index (κ3) is 3.93. The zero-order valence-electron chi connectivity index (χ0n) is 14.4. The summed E-state index contributed by atoms with van der Waals surface area (Å²) in [6.45, 7) is 1.08. The van der Waals surface area contributed by atoms with Gasteiger partial charge in [-0.05, 0) is 30.5 Å². The normalized spacial score (nSPS) is 14.8. The summed E-state index contributed by atoms with van der Waals surface area (Å²) >= 11 is 0. The summed E-state index contributed by atoms with van der Waals surface area (Å²) in [6.07, 6.45) is 1.92. The predicted molar refractivity (Wildman–Crippen MR) is 98.8 cm³/mol. The van der Waals surface area contributed by atoms with Gasteiger partial charge in [0.25, 0.3) is 0 Å². The minimum atomic E-state index is -1.11. The summed E-state index contributed by atoms with van der Waals surface area (Å²) < 4.78 is 0. The number of carboxylic acid groups (broad SMARTS) is 1. The highest BCUT2D eigenvalue weighted by atomic mass is 16.4. The molecule has 136 valence electrons. The van der Waals surface area contributed by atoms with Gasteiger partial charge in [-0.15, -0.1) is 0 Å². The van der Waals surface area contributed by atoms with Crippen molar-refractivity contribution in [1.29, 1.82) is 0 Å². The molecule has 0 spiro atoms. The van der Waals surface area contributed by atoms with Gasteiger partial charge in [-0.25, -0.2) is 9.78 Å². The smallest absolute Gasteiger partial charge is 0.408 e. The van der Waals surface area contributed by atoms with E-state index in [0.29, 0.717) is 25.9 Å². The molecule has 0 bridgehead atoms. The zero-order valence-corrected chi connectivity index (χ0v) is 14.4. The lowest BCUT2D eigenvalue weighted by Crippen LogP contribution is -2.50. The maximum absolute atomic E-state index is 11.4. The van der Waals surface area contributed by atoms with Crippen molar-refractivity contribution < 1.29 is 14.7 Å². The van der Waals surface area contributed by atoms with Crippen LogP contribution in [0, 0.1) is 0 Å². The van der Waals surface area contributed by atoms with Gasteiger partial charge < -0.3 is 15.7 Å². The van der Waals surface area contributed by atoms with Gasteiger partial charge in [0.1, 0.15) is 12.4 Å². The van der Waals surface area contributed by atoms with Crippen LogP contribution in [0.1, 0.15) is 12.8 Å². The first-order chi connectivity index (χ1) is 12.6. The first kappa shape index (κ1) is 17.7. The van der Waals surface area contributed by atoms with Crippen LogP contribution < -0.4 is 10.6 Å². The second kappa shape index (κ2) is 7.86. The number of carbonyl (C=O) groups is 2. The number of anilines is 1. The van der Waals surface area contributed by atoms with Crippen LogP contribution in [0.15, 0.2) is 48.7 Å². The molecule has 0 atom stereocenters. The van der Waals surface area contributed by atoms with Crippen molar-refractivity contribution in [2.45, 2.75) is 18.9 Å². The first-order valence-corrected chi connectivity index (χ1v) is 8.59. The van der Waals surface area contributed by atoms with E-state index in [2.05, 4.69) is 9.88 Å². The van der Waals surface area contributed by atoms with E-state index >= 15 is 0 Å². The quantitative estimate of drug-likeness (QED) is 0.857. The molecule has 3 rings (SSSR count). The van der Waals surface area contributed by atoms with Crippen molar-refractivity contribution in [3.05, 3.63) is 48.7 Å². The van der Waals surface area contributed by atoms with Crippen LogP contribution in [-0.2, 0) is 4.79 Å². The fraction of sp³-hybridized carbons (Fsp3) is 0.316. The standard InChI is InChI=1S/C19H22N4O3/c20-17(24)13-23(19(25)26)15-8-11-22(12-9-15)18-16(7-4-10-21-18)14-5-2-1-3-6-14/h1-7,10,15H,8-9,11-13H2,(H2,20,24)(H,25,26). The molecule has 2 aromatic rings. The number of piperidine rings is 1. The molecule has 7 nitrogen and oxygen atoms in total. The highest BCUT2D eigenvalue weighted by Crippen LogP contribution is 2.31. The Hall–Kier alpha value is -3.09. The third-order valence-electron chi connectivity index (χ3n) is 4.65. The van der Waals surface area contributed by atoms with Gasteiger partial charge in [0.15, 0.2) is 0 Å². The largest absolute Gasteiger partial charge is 0.465 e. The number of nitrogens with two attached hydrogens (primary N) is 1. The number of nitrogens with zero attached hydrogens (tertiary/aromatic N) is 3. The van der Waals surface area contributed by atoms with Gasteiger partial charge in [0.2, 0.25) is 5.91 Å². The van der Waals surface area contributed by atoms with Crippen LogP contribution in [0.5, 0.6) is 0 Å². The predicted octanol–water partition coefficient (Wildman–Crippen LogP) is 2.18. The zero-order chi connectivity index (χ0) is 18.5. The van der Waals surface area contributed by atoms with E-state index in [0.717, 1.165) is 21.8 Å². The van der Waals surface area contributed by atoms with Crippen LogP contribution in [-0.4, -0.2) is 52.7 Å². The Morgan fingerprint density at radius 2 is 1.85 bits per heavy atom. The molecule has 1 aliphatic rings. The van der Waals surface area contributed by atoms with Gasteiger partial charge in [-0.2, -0.15) is 0 Å². The van der Waals surface area contributed by atoms with Crippen LogP contribution in [0.2, 0.25) is 0 Å². The van der Waals surface area contributed by atoms with E-state index in [1.165, 1.54) is 0 Å². The molecule has 1 saturated heterocycles. The summed E-state index contributed by atoms with van der Waals surface area (Å²) in [5.74, 6) is 0.264. The average molecular weight is 354 g/mol. The molecule has 0 radical (unpaired) electrons. The van der Waals surface area contributed by atoms with Crippen LogP contribution in [0.25, 0.3) is 11.1 Å². The molecule has 3 N–H and O–H groups in total. The molecular weight excluding hydrogens is 332 g/mol. The number of amides is 2. The molecule has 2 heterocycles. The molecule has 26 heavy (non-hydrogen) atoms. The Kier molecular flexibility index (Phi) is 5.36. The Bertz CT molecular complexity index is 773. The second-order valence-electron chi connectivity index (χ2n) is 6.34. The van der Waals surface area contributed by atoms with Crippen molar-refractivity contribution in [3.63, 3.8) is 0 Å². The van der Waals surface area contributed by atoms with Crippen molar-refractivity contribution in [2.75, 3.05) is 24.5 Å². The monoisotopic (exact) mass is 354 g/mol. The lowest BCUT2D eigenvalue weighted by atomic mass is 10.0. The Morgan fingerprint density at radius 1 is 1.15 bits per heavy atom. The molecule has 2 amide bonds. The van der Waals surface area contributed by atoms with Crippen molar-refractivity contribution in [1.82, 2.24) is 9.88 Å². The molecule has 7 heteroatoms. The summed E-state index contributed by atoms with van der Waals surface area (Å²) in [7, 11) is 0. The van der Waals surface area contributed by atoms with Crippen LogP contribution >= 0.6 is 0 Å². The number of hydrogen-bond acceptors (Lipinski definition) is 4. The van der Waals surface area contributed by atoms with Gasteiger partial charge in [-0.1, -0.05) is 30.3 Å². The fourth-order valence-electron chi connectivity index (χ4n) is 3.40. The van der Waals surface area contributed by atoms with Gasteiger partial charge in [0.05, 0.1) is 0 Å². The van der Waals surface area contributed by atoms with E-state index in [-0.39, 0.29) is 12.6 Å². The number of rotatable bonds is 5. The number of hydrogen-bond donors (Lipinski definition) is 2. The molecule has 1 aromatic carbocycles. The topological polar surface area (TPSA) is 99.8 Å². The molecule has 1 aliphatic heterocycles. The highest BCUT2D eigenvalue weighted by Gasteiger charge is 2.29. The van der Waals surface area contributed by atoms with Crippen LogP contribution in [0.3, 0.4) is 0 Å². The fourth-order valence-corrected chi connectivity index (χ4v) is 3.40. The van der Waals surface area contributed by atoms with E-state index in [9.17, 15) is 14.7 Å². The van der Waals surface area contributed by atoms with Gasteiger partial charge in [0, 0.05) is 30.9 Å². The number of aromatic nitrogens is 1. The lowest BCUT2D eigenvalue weighted by Gasteiger charge is -2.37. The Morgan fingerprint density at radius 3 is 2.46 bits per heavy atom. The van der Waals surface area contributed by atoms with Gasteiger partial charge >= 0.3 is 6.09 Å². The number of benzene rings is 1. The molecule has 1 aromatic heterocycles. The third-order valence-corrected chi connectivity index (χ3v) is 4.65. The summed E-state index contributed by atoms with van der Waals surface area (Å²) in [6, 6.07) is 13.8. The number of pyridine rings is 1. The summed E-state index contributed by atoms with van der Waals surface area (Å²) in [5.41, 5.74) is 7.33. The number of primary amides is 1. The average Bonchev–Trinajstić information content (AvgIpc) is 2.67. The Labute approximate surface area is 152 Å². The Balaban J connectivity index is 1.75. The first-order valence-electron chi connectivity index (χ1n) is 8.59. The minimum absolute atomic E-state index is 0.208. The highest BCUT2D eigenvalue weighted by molar-refractivity contribution is 5.80. The van der Waals surface area contributed by atoms with Crippen molar-refractivity contribution in [2.24, 2.45) is 5.73 Å². The molecule has 0 aliphatic carbocycles. The lowest BCUT2D eigenvalue weighted by molar-refractivity contribution is -0.119. The SMILES string of the molecule is NC(=O)CN(C(=O)O)C1CCN(c2ncccc2-c2ccccc2)CC1. The minimum Gasteiger partial charge on any atom is -0.465 e. The summed E-state index contributed by atoms with van der Waals surface area (Å²) in [5, 5.41) is 9.34. The molecule has 0 unspecified atom stereocenters. The maximum Gasteiger partial charge on any atom is 0.408 e. The van der Waals surface area contributed by atoms with Crippen molar-refractivity contribution in [3.8, 4) is 11.1 Å². The van der Waals surface area contributed by atoms with Crippen LogP contribution in [0.4, 0.5) is 10.6 Å². The van der Waals surface area contributed by atoms with E-state index in [4.69, 9.17) is 5.73 Å². The van der Waals surface area contributed by atoms with E-state index in [1.54, 1.807) is 6.20 Å². The van der Waals surface area contributed by atoms with Crippen molar-refractivity contribution >= 4 is 17.8 Å². The summed E-state index contributed by atoms with van der Waals surface area (Å²) in [4.78, 5) is 30.4. The van der Waals surface area contributed by atoms with Gasteiger partial charge in [-0.3, -0.25) is 9.69 Å². The molecular formula is C19H22N4O3. The maximum atomic E-state index is 11.4. The molecule has 0 saturated carbocycles. The second-order valence-corrected chi connectivity index (χ2v) is 6.34. The van der Waals surface area contributed by atoms with E-state index < -0.39 is 12.0 Å².